The zero-order valence-corrected chi connectivity index (χ0v) is 19.8. The van der Waals surface area contributed by atoms with Crippen molar-refractivity contribution < 1.29 is 13.9 Å². The molecule has 2 heterocycles. The van der Waals surface area contributed by atoms with Crippen molar-refractivity contribution in [2.45, 2.75) is 44.8 Å². The first-order valence-electron chi connectivity index (χ1n) is 11.7. The molecule has 1 aliphatic carbocycles. The minimum Gasteiger partial charge on any atom is -0.488 e. The van der Waals surface area contributed by atoms with Crippen LogP contribution in [0.1, 0.15) is 32.6 Å². The van der Waals surface area contributed by atoms with Gasteiger partial charge in [-0.05, 0) is 45.4 Å². The van der Waals surface area contributed by atoms with Gasteiger partial charge in [0, 0.05) is 44.1 Å². The normalized spacial score (nSPS) is 20.9. The predicted octanol–water partition coefficient (Wildman–Crippen LogP) is 4.35. The number of hydrogen-bond acceptors (Lipinski definition) is 9. The Morgan fingerprint density at radius 3 is 2.68 bits per heavy atom. The smallest absolute Gasteiger partial charge is 0.225 e. The number of aliphatic imine (C=N–C) groups is 2. The van der Waals surface area contributed by atoms with E-state index in [1.54, 1.807) is 13.3 Å². The van der Waals surface area contributed by atoms with Crippen LogP contribution in [0.3, 0.4) is 0 Å². The fraction of sp³-hybridized carbons (Fsp3) is 0.500. The molecule has 0 radical (unpaired) electrons. The maximum Gasteiger partial charge on any atom is 0.225 e. The second kappa shape index (κ2) is 11.2. The zero-order chi connectivity index (χ0) is 23.9. The van der Waals surface area contributed by atoms with Crippen LogP contribution in [0.5, 0.6) is 5.75 Å². The molecule has 2 fully saturated rings. The average molecular weight is 470 g/mol. The summed E-state index contributed by atoms with van der Waals surface area (Å²) >= 11 is 0. The average Bonchev–Trinajstić information content (AvgIpc) is 2.87. The van der Waals surface area contributed by atoms with Gasteiger partial charge in [0.05, 0.1) is 31.2 Å². The van der Waals surface area contributed by atoms with Gasteiger partial charge in [0.15, 0.2) is 11.6 Å². The van der Waals surface area contributed by atoms with Crippen LogP contribution in [0, 0.1) is 5.82 Å². The molecule has 9 nitrogen and oxygen atoms in total. The van der Waals surface area contributed by atoms with Crippen molar-refractivity contribution in [3.63, 3.8) is 0 Å². The molecule has 1 saturated carbocycles. The largest absolute Gasteiger partial charge is 0.488 e. The number of rotatable bonds is 8. The molecule has 182 valence electrons. The highest BCUT2D eigenvalue weighted by atomic mass is 19.1. The van der Waals surface area contributed by atoms with Crippen LogP contribution in [0.15, 0.2) is 28.3 Å². The first-order valence-corrected chi connectivity index (χ1v) is 11.7. The van der Waals surface area contributed by atoms with Crippen LogP contribution in [0.25, 0.3) is 0 Å². The minimum absolute atomic E-state index is 0.0546. The Balaban J connectivity index is 1.44. The predicted molar refractivity (Wildman–Crippen MR) is 134 cm³/mol. The van der Waals surface area contributed by atoms with Gasteiger partial charge in [0.1, 0.15) is 11.4 Å². The molecule has 0 spiro atoms. The molecule has 1 aromatic carbocycles. The summed E-state index contributed by atoms with van der Waals surface area (Å²) in [6, 6.07) is 4.28. The van der Waals surface area contributed by atoms with Crippen LogP contribution in [0.2, 0.25) is 0 Å². The van der Waals surface area contributed by atoms with E-state index in [0.29, 0.717) is 30.6 Å². The van der Waals surface area contributed by atoms with Crippen molar-refractivity contribution in [1.29, 1.82) is 0 Å². The van der Waals surface area contributed by atoms with Crippen LogP contribution in [-0.2, 0) is 4.74 Å². The summed E-state index contributed by atoms with van der Waals surface area (Å²) in [5.74, 6) is 0.845. The fourth-order valence-corrected chi connectivity index (χ4v) is 4.37. The van der Waals surface area contributed by atoms with Gasteiger partial charge in [-0.2, -0.15) is 4.98 Å². The highest BCUT2D eigenvalue weighted by molar-refractivity contribution is 5.80. The van der Waals surface area contributed by atoms with Gasteiger partial charge in [-0.1, -0.05) is 0 Å². The number of halogens is 1. The van der Waals surface area contributed by atoms with E-state index in [9.17, 15) is 4.39 Å². The highest BCUT2D eigenvalue weighted by Gasteiger charge is 2.25. The lowest BCUT2D eigenvalue weighted by Gasteiger charge is -2.32. The van der Waals surface area contributed by atoms with Crippen molar-refractivity contribution in [3.8, 4) is 5.75 Å². The maximum atomic E-state index is 13.6. The third kappa shape index (κ3) is 5.61. The third-order valence-electron chi connectivity index (χ3n) is 6.12. The number of aromatic nitrogens is 2. The Morgan fingerprint density at radius 1 is 1.24 bits per heavy atom. The second-order valence-corrected chi connectivity index (χ2v) is 8.33. The summed E-state index contributed by atoms with van der Waals surface area (Å²) in [5.41, 5.74) is 2.46. The number of morpholine rings is 1. The van der Waals surface area contributed by atoms with Crippen molar-refractivity contribution in [3.05, 3.63) is 24.1 Å². The number of benzene rings is 1. The van der Waals surface area contributed by atoms with Gasteiger partial charge in [-0.15, -0.1) is 0 Å². The Bertz CT molecular complexity index is 1020. The first-order chi connectivity index (χ1) is 16.6. The lowest BCUT2D eigenvalue weighted by Crippen LogP contribution is -2.36. The van der Waals surface area contributed by atoms with Gasteiger partial charge in [-0.25, -0.2) is 9.37 Å². The van der Waals surface area contributed by atoms with Gasteiger partial charge >= 0.3 is 0 Å². The molecular formula is C24H32FN7O2. The van der Waals surface area contributed by atoms with Crippen molar-refractivity contribution >= 4 is 41.8 Å². The number of hydrogen-bond donors (Lipinski definition) is 2. The zero-order valence-electron chi connectivity index (χ0n) is 19.8. The molecule has 0 bridgehead atoms. The number of ether oxygens (including phenoxy) is 2. The first kappa shape index (κ1) is 23.9. The maximum absolute atomic E-state index is 13.6. The van der Waals surface area contributed by atoms with E-state index in [4.69, 9.17) is 9.47 Å². The molecule has 0 unspecified atom stereocenters. The summed E-state index contributed by atoms with van der Waals surface area (Å²) in [4.78, 5) is 19.3. The molecule has 0 atom stereocenters. The SMILES string of the molecule is C=Nc1c(/N=C\C)cc(N2CCOCC2)cc1O[C@H]1CC[C@@H](Nc2ncc(F)c(NC)n2)CC1. The molecule has 1 aromatic heterocycles. The summed E-state index contributed by atoms with van der Waals surface area (Å²) in [6.45, 7) is 8.70. The molecule has 34 heavy (non-hydrogen) atoms. The van der Waals surface area contributed by atoms with E-state index >= 15 is 0 Å². The lowest BCUT2D eigenvalue weighted by atomic mass is 9.93. The molecule has 1 aliphatic heterocycles. The molecule has 2 aliphatic rings. The van der Waals surface area contributed by atoms with Crippen LogP contribution < -0.4 is 20.3 Å². The second-order valence-electron chi connectivity index (χ2n) is 8.33. The van der Waals surface area contributed by atoms with Crippen molar-refractivity contribution in [1.82, 2.24) is 9.97 Å². The van der Waals surface area contributed by atoms with Gasteiger partial charge in [0.2, 0.25) is 5.95 Å². The molecule has 2 aromatic rings. The molecule has 2 N–H and O–H groups in total. The molecule has 0 amide bonds. The summed E-state index contributed by atoms with van der Waals surface area (Å²) in [7, 11) is 1.63. The Morgan fingerprint density at radius 2 is 2.00 bits per heavy atom. The van der Waals surface area contributed by atoms with Crippen LogP contribution >= 0.6 is 0 Å². The van der Waals surface area contributed by atoms with Crippen molar-refractivity contribution in [2.24, 2.45) is 9.98 Å². The van der Waals surface area contributed by atoms with E-state index in [-0.39, 0.29) is 18.0 Å². The number of anilines is 3. The standard InChI is InChI=1S/C24H32FN7O2/c1-4-28-20-13-17(32-9-11-33-12-10-32)14-21(22(20)26-2)34-18-7-5-16(6-8-18)30-24-29-15-19(25)23(27-3)31-24/h4,13-16,18H,2,5-12H2,1,3H3,(H2,27,29,30,31)/b28-4-/t16-,18+. The topological polar surface area (TPSA) is 96.3 Å². The Kier molecular flexibility index (Phi) is 7.89. The fourth-order valence-electron chi connectivity index (χ4n) is 4.37. The van der Waals surface area contributed by atoms with E-state index in [0.717, 1.165) is 50.1 Å². The molecular weight excluding hydrogens is 437 g/mol. The van der Waals surface area contributed by atoms with Gasteiger partial charge in [0.25, 0.3) is 0 Å². The summed E-state index contributed by atoms with van der Waals surface area (Å²) in [6.07, 6.45) is 6.49. The van der Waals surface area contributed by atoms with Crippen molar-refractivity contribution in [2.75, 3.05) is 48.9 Å². The van der Waals surface area contributed by atoms with Gasteiger partial charge < -0.3 is 25.0 Å². The lowest BCUT2D eigenvalue weighted by molar-refractivity contribution is 0.122. The number of nitrogens with zero attached hydrogens (tertiary/aromatic N) is 5. The van der Waals surface area contributed by atoms with E-state index in [1.807, 2.05) is 19.1 Å². The van der Waals surface area contributed by atoms with E-state index in [1.165, 1.54) is 6.20 Å². The molecule has 10 heteroatoms. The van der Waals surface area contributed by atoms with Crippen LogP contribution in [-0.4, -0.2) is 68.4 Å². The Hall–Kier alpha value is -3.27. The Labute approximate surface area is 199 Å². The monoisotopic (exact) mass is 469 g/mol. The molecule has 4 rings (SSSR count). The quantitative estimate of drug-likeness (QED) is 0.555. The highest BCUT2D eigenvalue weighted by Crippen LogP contribution is 2.43. The van der Waals surface area contributed by atoms with E-state index in [2.05, 4.69) is 42.2 Å². The third-order valence-corrected chi connectivity index (χ3v) is 6.12. The van der Waals surface area contributed by atoms with Gasteiger partial charge in [-0.3, -0.25) is 9.98 Å². The number of nitrogens with one attached hydrogen (secondary N) is 2. The summed E-state index contributed by atoms with van der Waals surface area (Å²) in [5, 5.41) is 6.06. The minimum atomic E-state index is -0.470. The van der Waals surface area contributed by atoms with Crippen LogP contribution in [0.4, 0.5) is 33.2 Å². The molecule has 1 saturated heterocycles. The summed E-state index contributed by atoms with van der Waals surface area (Å²) < 4.78 is 25.6. The van der Waals surface area contributed by atoms with E-state index < -0.39 is 5.82 Å².